The summed E-state index contributed by atoms with van der Waals surface area (Å²) in [6.07, 6.45) is 4.22. The SMILES string of the molecule is Cl.O=C(O)C1CCc2cc[nH]c2C1. The van der Waals surface area contributed by atoms with E-state index in [4.69, 9.17) is 5.11 Å². The number of fused-ring (bicyclic) bond motifs is 1. The third-order valence-corrected chi connectivity index (χ3v) is 2.49. The Bertz CT molecular complexity index is 308. The van der Waals surface area contributed by atoms with E-state index in [-0.39, 0.29) is 18.3 Å². The Labute approximate surface area is 82.6 Å². The Morgan fingerprint density at radius 2 is 2.38 bits per heavy atom. The van der Waals surface area contributed by atoms with E-state index in [0.29, 0.717) is 6.42 Å². The van der Waals surface area contributed by atoms with Crippen molar-refractivity contribution in [2.24, 2.45) is 5.92 Å². The topological polar surface area (TPSA) is 53.1 Å². The molecule has 0 saturated heterocycles. The molecule has 0 aliphatic heterocycles. The second-order valence-electron chi connectivity index (χ2n) is 3.26. The average molecular weight is 202 g/mol. The number of aryl methyl sites for hydroxylation is 1. The maximum Gasteiger partial charge on any atom is 0.306 e. The zero-order chi connectivity index (χ0) is 8.55. The van der Waals surface area contributed by atoms with Crippen LogP contribution in [-0.2, 0) is 17.6 Å². The summed E-state index contributed by atoms with van der Waals surface area (Å²) in [5.41, 5.74) is 2.39. The molecule has 1 unspecified atom stereocenters. The smallest absolute Gasteiger partial charge is 0.306 e. The quantitative estimate of drug-likeness (QED) is 0.726. The first kappa shape index (κ1) is 10.1. The molecule has 0 spiro atoms. The molecule has 1 heterocycles. The third-order valence-electron chi connectivity index (χ3n) is 2.49. The number of aromatic amines is 1. The number of carboxylic acids is 1. The van der Waals surface area contributed by atoms with Crippen LogP contribution in [0.3, 0.4) is 0 Å². The molecular weight excluding hydrogens is 190 g/mol. The number of H-pyrrole nitrogens is 1. The molecule has 1 aromatic heterocycles. The van der Waals surface area contributed by atoms with Gasteiger partial charge in [-0.1, -0.05) is 0 Å². The van der Waals surface area contributed by atoms with Gasteiger partial charge in [-0.05, 0) is 24.5 Å². The van der Waals surface area contributed by atoms with Crippen molar-refractivity contribution in [1.29, 1.82) is 0 Å². The lowest BCUT2D eigenvalue weighted by atomic mass is 9.88. The van der Waals surface area contributed by atoms with Crippen molar-refractivity contribution in [2.75, 3.05) is 0 Å². The molecule has 0 amide bonds. The van der Waals surface area contributed by atoms with Crippen molar-refractivity contribution < 1.29 is 9.90 Å². The zero-order valence-electron chi connectivity index (χ0n) is 7.12. The molecule has 0 radical (unpaired) electrons. The van der Waals surface area contributed by atoms with Gasteiger partial charge in [0.2, 0.25) is 0 Å². The minimum atomic E-state index is -0.671. The Hall–Kier alpha value is -0.960. The largest absolute Gasteiger partial charge is 0.481 e. The van der Waals surface area contributed by atoms with Crippen LogP contribution in [0.2, 0.25) is 0 Å². The van der Waals surface area contributed by atoms with E-state index in [0.717, 1.165) is 18.5 Å². The van der Waals surface area contributed by atoms with Crippen LogP contribution in [0.4, 0.5) is 0 Å². The van der Waals surface area contributed by atoms with Crippen molar-refractivity contribution in [3.63, 3.8) is 0 Å². The highest BCUT2D eigenvalue weighted by molar-refractivity contribution is 5.85. The maximum atomic E-state index is 10.7. The number of carboxylic acid groups (broad SMARTS) is 1. The minimum absolute atomic E-state index is 0. The van der Waals surface area contributed by atoms with E-state index in [1.165, 1.54) is 5.56 Å². The monoisotopic (exact) mass is 201 g/mol. The fraction of sp³-hybridized carbons (Fsp3) is 0.444. The predicted molar refractivity (Wildman–Crippen MR) is 51.2 cm³/mol. The normalized spacial score (nSPS) is 20.2. The van der Waals surface area contributed by atoms with E-state index in [1.807, 2.05) is 12.3 Å². The Kier molecular flexibility index (Phi) is 2.98. The highest BCUT2D eigenvalue weighted by Gasteiger charge is 2.24. The minimum Gasteiger partial charge on any atom is -0.481 e. The molecule has 72 valence electrons. The summed E-state index contributed by atoms with van der Waals surface area (Å²) < 4.78 is 0. The van der Waals surface area contributed by atoms with Crippen LogP contribution in [0.1, 0.15) is 17.7 Å². The molecule has 1 aliphatic rings. The van der Waals surface area contributed by atoms with Gasteiger partial charge in [-0.3, -0.25) is 4.79 Å². The first-order valence-electron chi connectivity index (χ1n) is 4.15. The van der Waals surface area contributed by atoms with Crippen LogP contribution < -0.4 is 0 Å². The molecule has 1 aliphatic carbocycles. The van der Waals surface area contributed by atoms with Crippen LogP contribution >= 0.6 is 12.4 Å². The summed E-state index contributed by atoms with van der Waals surface area (Å²) in [6, 6.07) is 2.04. The lowest BCUT2D eigenvalue weighted by Gasteiger charge is -2.17. The van der Waals surface area contributed by atoms with Crippen molar-refractivity contribution in [3.05, 3.63) is 23.5 Å². The average Bonchev–Trinajstić information content (AvgIpc) is 2.49. The van der Waals surface area contributed by atoms with Crippen LogP contribution in [-0.4, -0.2) is 16.1 Å². The van der Waals surface area contributed by atoms with E-state index in [1.54, 1.807) is 0 Å². The predicted octanol–water partition coefficient (Wildman–Crippen LogP) is 1.63. The molecule has 0 fully saturated rings. The molecule has 2 N–H and O–H groups in total. The highest BCUT2D eigenvalue weighted by atomic mass is 35.5. The molecule has 1 aromatic rings. The highest BCUT2D eigenvalue weighted by Crippen LogP contribution is 2.24. The number of rotatable bonds is 1. The van der Waals surface area contributed by atoms with Gasteiger partial charge in [-0.2, -0.15) is 0 Å². The molecule has 2 rings (SSSR count). The number of carbonyl (C=O) groups is 1. The van der Waals surface area contributed by atoms with Gasteiger partial charge in [0.05, 0.1) is 5.92 Å². The molecular formula is C9H12ClNO2. The lowest BCUT2D eigenvalue weighted by molar-refractivity contribution is -0.142. The van der Waals surface area contributed by atoms with Crippen molar-refractivity contribution in [3.8, 4) is 0 Å². The lowest BCUT2D eigenvalue weighted by Crippen LogP contribution is -2.21. The number of aromatic nitrogens is 1. The van der Waals surface area contributed by atoms with E-state index in [2.05, 4.69) is 4.98 Å². The van der Waals surface area contributed by atoms with Gasteiger partial charge in [0.1, 0.15) is 0 Å². The van der Waals surface area contributed by atoms with Gasteiger partial charge in [0, 0.05) is 18.3 Å². The summed E-state index contributed by atoms with van der Waals surface area (Å²) in [5.74, 6) is -0.855. The molecule has 0 aromatic carbocycles. The summed E-state index contributed by atoms with van der Waals surface area (Å²) in [4.78, 5) is 13.8. The summed E-state index contributed by atoms with van der Waals surface area (Å²) >= 11 is 0. The third kappa shape index (κ3) is 1.86. The summed E-state index contributed by atoms with van der Waals surface area (Å²) in [5, 5.41) is 8.79. The second-order valence-corrected chi connectivity index (χ2v) is 3.26. The van der Waals surface area contributed by atoms with Gasteiger partial charge in [0.25, 0.3) is 0 Å². The molecule has 13 heavy (non-hydrogen) atoms. The first-order chi connectivity index (χ1) is 5.77. The van der Waals surface area contributed by atoms with E-state index in [9.17, 15) is 4.79 Å². The summed E-state index contributed by atoms with van der Waals surface area (Å²) in [6.45, 7) is 0. The van der Waals surface area contributed by atoms with E-state index < -0.39 is 5.97 Å². The zero-order valence-corrected chi connectivity index (χ0v) is 7.93. The van der Waals surface area contributed by atoms with Crippen LogP contribution in [0.5, 0.6) is 0 Å². The van der Waals surface area contributed by atoms with Gasteiger partial charge in [-0.25, -0.2) is 0 Å². The molecule has 0 bridgehead atoms. The summed E-state index contributed by atoms with van der Waals surface area (Å²) in [7, 11) is 0. The van der Waals surface area contributed by atoms with Crippen molar-refractivity contribution in [1.82, 2.24) is 4.98 Å². The van der Waals surface area contributed by atoms with E-state index >= 15 is 0 Å². The van der Waals surface area contributed by atoms with Crippen molar-refractivity contribution >= 4 is 18.4 Å². The molecule has 0 saturated carbocycles. The van der Waals surface area contributed by atoms with Crippen molar-refractivity contribution in [2.45, 2.75) is 19.3 Å². The number of hydrogen-bond acceptors (Lipinski definition) is 1. The first-order valence-corrected chi connectivity index (χ1v) is 4.15. The second kappa shape index (κ2) is 3.83. The number of nitrogens with one attached hydrogen (secondary N) is 1. The molecule has 1 atom stereocenters. The fourth-order valence-electron chi connectivity index (χ4n) is 1.75. The van der Waals surface area contributed by atoms with Gasteiger partial charge in [0.15, 0.2) is 0 Å². The number of halogens is 1. The van der Waals surface area contributed by atoms with Gasteiger partial charge in [-0.15, -0.1) is 12.4 Å². The van der Waals surface area contributed by atoms with Gasteiger partial charge < -0.3 is 10.1 Å². The number of hydrogen-bond donors (Lipinski definition) is 2. The van der Waals surface area contributed by atoms with Crippen LogP contribution in [0.25, 0.3) is 0 Å². The Morgan fingerprint density at radius 1 is 1.62 bits per heavy atom. The molecule has 3 nitrogen and oxygen atoms in total. The Balaban J connectivity index is 0.000000845. The van der Waals surface area contributed by atoms with Crippen LogP contribution in [0.15, 0.2) is 12.3 Å². The van der Waals surface area contributed by atoms with Crippen LogP contribution in [0, 0.1) is 5.92 Å². The number of aliphatic carboxylic acids is 1. The standard InChI is InChI=1S/C9H11NO2.ClH/c11-9(12)7-2-1-6-3-4-10-8(6)5-7;/h3-4,7,10H,1-2,5H2,(H,11,12);1H. The Morgan fingerprint density at radius 3 is 3.08 bits per heavy atom. The van der Waals surface area contributed by atoms with Gasteiger partial charge >= 0.3 is 5.97 Å². The maximum absolute atomic E-state index is 10.7. The fourth-order valence-corrected chi connectivity index (χ4v) is 1.75. The molecule has 4 heteroatoms.